The van der Waals surface area contributed by atoms with E-state index in [-0.39, 0.29) is 28.6 Å². The van der Waals surface area contributed by atoms with Gasteiger partial charge in [-0.05, 0) is 67.9 Å². The van der Waals surface area contributed by atoms with Crippen molar-refractivity contribution in [1.82, 2.24) is 4.90 Å². The predicted molar refractivity (Wildman–Crippen MR) is 119 cm³/mol. The zero-order valence-corrected chi connectivity index (χ0v) is 19.0. The lowest BCUT2D eigenvalue weighted by atomic mass is 9.62. The Labute approximate surface area is 188 Å². The molecule has 0 unspecified atom stereocenters. The summed E-state index contributed by atoms with van der Waals surface area (Å²) in [6.07, 6.45) is 3.41. The van der Waals surface area contributed by atoms with Crippen LogP contribution in [0.15, 0.2) is 24.2 Å². The van der Waals surface area contributed by atoms with Crippen LogP contribution in [0.25, 0.3) is 0 Å². The number of piperidine rings is 1. The summed E-state index contributed by atoms with van der Waals surface area (Å²) in [5.74, 6) is 5.28. The smallest absolute Gasteiger partial charge is 0.292 e. The van der Waals surface area contributed by atoms with Gasteiger partial charge in [0.2, 0.25) is 5.76 Å². The van der Waals surface area contributed by atoms with Gasteiger partial charge in [0.05, 0.1) is 0 Å². The third-order valence-corrected chi connectivity index (χ3v) is 6.87. The van der Waals surface area contributed by atoms with Gasteiger partial charge in [-0.25, -0.2) is 0 Å². The molecule has 1 spiro atoms. The van der Waals surface area contributed by atoms with E-state index in [9.17, 15) is 14.4 Å². The van der Waals surface area contributed by atoms with Crippen LogP contribution in [0.4, 0.5) is 0 Å². The highest BCUT2D eigenvalue weighted by molar-refractivity contribution is 6.10. The Morgan fingerprint density at radius 3 is 2.22 bits per heavy atom. The van der Waals surface area contributed by atoms with E-state index in [0.717, 1.165) is 22.3 Å². The van der Waals surface area contributed by atoms with Gasteiger partial charge < -0.3 is 14.4 Å². The minimum absolute atomic E-state index is 0.00623. The highest BCUT2D eigenvalue weighted by Gasteiger charge is 2.48. The molecule has 4 rings (SSSR count). The number of rotatable bonds is 2. The van der Waals surface area contributed by atoms with Gasteiger partial charge in [0.1, 0.15) is 37.0 Å². The molecular weight excluding hydrogens is 406 g/mol. The summed E-state index contributed by atoms with van der Waals surface area (Å²) in [5.41, 5.74) is 3.26. The van der Waals surface area contributed by atoms with Crippen molar-refractivity contribution in [3.05, 3.63) is 46.4 Å². The van der Waals surface area contributed by atoms with Gasteiger partial charge in [-0.3, -0.25) is 14.4 Å². The summed E-state index contributed by atoms with van der Waals surface area (Å²) in [6.45, 7) is 7.51. The topological polar surface area (TPSA) is 72.9 Å². The van der Waals surface area contributed by atoms with E-state index in [2.05, 4.69) is 11.8 Å². The third-order valence-electron chi connectivity index (χ3n) is 6.87. The number of ether oxygens (including phenoxy) is 2. The molecule has 2 fully saturated rings. The van der Waals surface area contributed by atoms with Crippen molar-refractivity contribution in [3.8, 4) is 11.8 Å². The molecule has 1 aromatic carbocycles. The number of hydrogen-bond donors (Lipinski definition) is 0. The van der Waals surface area contributed by atoms with Crippen LogP contribution < -0.4 is 0 Å². The number of carbonyl (C=O) groups excluding carboxylic acids is 3. The molecular formula is C26H29NO5. The van der Waals surface area contributed by atoms with Gasteiger partial charge in [0, 0.05) is 31.5 Å². The fourth-order valence-electron chi connectivity index (χ4n) is 5.33. The van der Waals surface area contributed by atoms with Crippen LogP contribution in [0.3, 0.4) is 0 Å². The Morgan fingerprint density at radius 1 is 1.06 bits per heavy atom. The van der Waals surface area contributed by atoms with Crippen molar-refractivity contribution in [3.63, 3.8) is 0 Å². The Kier molecular flexibility index (Phi) is 6.10. The Hall–Kier alpha value is -3.07. The Morgan fingerprint density at radius 2 is 1.69 bits per heavy atom. The number of ketones is 2. The zero-order chi connectivity index (χ0) is 22.9. The second-order valence-corrected chi connectivity index (χ2v) is 9.11. The lowest BCUT2D eigenvalue weighted by molar-refractivity contribution is -0.140. The molecule has 2 heterocycles. The number of amides is 1. The maximum Gasteiger partial charge on any atom is 0.292 e. The molecule has 6 nitrogen and oxygen atoms in total. The maximum atomic E-state index is 13.3. The van der Waals surface area contributed by atoms with Crippen molar-refractivity contribution in [2.75, 3.05) is 26.3 Å². The highest BCUT2D eigenvalue weighted by atomic mass is 16.6. The standard InChI is InChI=1S/C26H29NO5/c1-4-5-19-12-17(2)23(18(3)13-19)24-20(28)14-26(15-21(24)29)6-8-27(9-7-26)25(30)22-16-31-10-11-32-22/h12-13,16,24H,6-11,14-15H2,1-3H3. The first-order valence-corrected chi connectivity index (χ1v) is 11.2. The van der Waals surface area contributed by atoms with Gasteiger partial charge in [0.25, 0.3) is 5.91 Å². The predicted octanol–water partition coefficient (Wildman–Crippen LogP) is 3.19. The summed E-state index contributed by atoms with van der Waals surface area (Å²) in [5, 5.41) is 0. The van der Waals surface area contributed by atoms with Crippen molar-refractivity contribution < 1.29 is 23.9 Å². The summed E-state index contributed by atoms with van der Waals surface area (Å²) >= 11 is 0. The lowest BCUT2D eigenvalue weighted by Crippen LogP contribution is -2.49. The van der Waals surface area contributed by atoms with Gasteiger partial charge in [-0.1, -0.05) is 5.92 Å². The van der Waals surface area contributed by atoms with Crippen LogP contribution in [0.5, 0.6) is 0 Å². The fraction of sp³-hybridized carbons (Fsp3) is 0.500. The Balaban J connectivity index is 1.48. The molecule has 6 heteroatoms. The maximum absolute atomic E-state index is 13.3. The monoisotopic (exact) mass is 435 g/mol. The second-order valence-electron chi connectivity index (χ2n) is 9.11. The first kappa shape index (κ1) is 22.1. The van der Waals surface area contributed by atoms with Crippen LogP contribution in [-0.4, -0.2) is 48.7 Å². The van der Waals surface area contributed by atoms with E-state index < -0.39 is 5.92 Å². The van der Waals surface area contributed by atoms with E-state index in [4.69, 9.17) is 9.47 Å². The summed E-state index contributed by atoms with van der Waals surface area (Å²) in [6, 6.07) is 3.92. The molecule has 168 valence electrons. The van der Waals surface area contributed by atoms with Crippen molar-refractivity contribution in [2.24, 2.45) is 5.41 Å². The first-order chi connectivity index (χ1) is 15.3. The number of hydrogen-bond acceptors (Lipinski definition) is 5. The minimum atomic E-state index is -0.693. The van der Waals surface area contributed by atoms with Crippen LogP contribution in [0.1, 0.15) is 60.8 Å². The number of Topliss-reactive ketones (excluding diaryl/α,β-unsaturated/α-hetero) is 2. The molecule has 1 aromatic rings. The SMILES string of the molecule is CC#Cc1cc(C)c(C2C(=O)CC3(CCN(C(=O)C4=COCCO4)CC3)CC2=O)c(C)c1. The minimum Gasteiger partial charge on any atom is -0.494 e. The molecule has 0 bridgehead atoms. The number of benzene rings is 1. The molecule has 1 aliphatic carbocycles. The van der Waals surface area contributed by atoms with Gasteiger partial charge in [0.15, 0.2) is 0 Å². The molecule has 1 saturated heterocycles. The quantitative estimate of drug-likeness (QED) is 0.527. The first-order valence-electron chi connectivity index (χ1n) is 11.2. The molecule has 1 amide bonds. The number of likely N-dealkylation sites (tertiary alicyclic amines) is 1. The molecule has 0 aromatic heterocycles. The van der Waals surface area contributed by atoms with Crippen molar-refractivity contribution >= 4 is 17.5 Å². The zero-order valence-electron chi connectivity index (χ0n) is 19.0. The molecule has 0 atom stereocenters. The molecule has 3 aliphatic rings. The molecule has 0 radical (unpaired) electrons. The highest BCUT2D eigenvalue weighted by Crippen LogP contribution is 2.46. The van der Waals surface area contributed by atoms with Gasteiger partial charge in [-0.2, -0.15) is 0 Å². The van der Waals surface area contributed by atoms with E-state index in [0.29, 0.717) is 52.0 Å². The number of nitrogens with zero attached hydrogens (tertiary/aromatic N) is 1. The lowest BCUT2D eigenvalue weighted by Gasteiger charge is -2.44. The van der Waals surface area contributed by atoms with E-state index in [1.165, 1.54) is 6.26 Å². The van der Waals surface area contributed by atoms with Crippen LogP contribution in [0.2, 0.25) is 0 Å². The van der Waals surface area contributed by atoms with Gasteiger partial charge in [-0.15, -0.1) is 5.92 Å². The number of aryl methyl sites for hydroxylation is 2. The van der Waals surface area contributed by atoms with Crippen molar-refractivity contribution in [1.29, 1.82) is 0 Å². The summed E-state index contributed by atoms with van der Waals surface area (Å²) < 4.78 is 10.6. The van der Waals surface area contributed by atoms with Crippen LogP contribution in [0, 0.1) is 31.1 Å². The average molecular weight is 436 g/mol. The second kappa shape index (κ2) is 8.82. The van der Waals surface area contributed by atoms with E-state index in [1.807, 2.05) is 26.0 Å². The fourth-order valence-corrected chi connectivity index (χ4v) is 5.33. The third kappa shape index (κ3) is 4.17. The van der Waals surface area contributed by atoms with E-state index >= 15 is 0 Å². The average Bonchev–Trinajstić information content (AvgIpc) is 2.76. The Bertz CT molecular complexity index is 1010. The van der Waals surface area contributed by atoms with E-state index in [1.54, 1.807) is 11.8 Å². The summed E-state index contributed by atoms with van der Waals surface area (Å²) in [4.78, 5) is 40.9. The molecule has 32 heavy (non-hydrogen) atoms. The summed E-state index contributed by atoms with van der Waals surface area (Å²) in [7, 11) is 0. The normalized spacial score (nSPS) is 20.7. The van der Waals surface area contributed by atoms with Crippen LogP contribution in [-0.2, 0) is 23.9 Å². The molecule has 2 aliphatic heterocycles. The van der Waals surface area contributed by atoms with Gasteiger partial charge >= 0.3 is 0 Å². The number of carbonyl (C=O) groups is 3. The molecule has 1 saturated carbocycles. The van der Waals surface area contributed by atoms with Crippen LogP contribution >= 0.6 is 0 Å². The molecule has 0 N–H and O–H groups in total. The van der Waals surface area contributed by atoms with Crippen molar-refractivity contribution in [2.45, 2.75) is 52.4 Å². The largest absolute Gasteiger partial charge is 0.494 e.